The topological polar surface area (TPSA) is 43.6 Å². The van der Waals surface area contributed by atoms with E-state index in [1.54, 1.807) is 0 Å². The van der Waals surface area contributed by atoms with Crippen LogP contribution < -0.4 is 0 Å². The molecule has 0 bridgehead atoms. The second-order valence-electron chi connectivity index (χ2n) is 16.3. The monoisotopic (exact) mass is 832 g/mol. The van der Waals surface area contributed by atoms with Gasteiger partial charge in [0.15, 0.2) is 5.82 Å². The van der Waals surface area contributed by atoms with Crippen molar-refractivity contribution in [2.75, 3.05) is 0 Å². The number of fused-ring (bicyclic) bond motifs is 10. The van der Waals surface area contributed by atoms with Gasteiger partial charge in [-0.1, -0.05) is 182 Å². The number of nitrogens with zero attached hydrogens (tertiary/aromatic N) is 4. The van der Waals surface area contributed by atoms with Crippen LogP contribution in [0.3, 0.4) is 0 Å². The van der Waals surface area contributed by atoms with Crippen LogP contribution in [0.2, 0.25) is 0 Å². The first-order valence-electron chi connectivity index (χ1n) is 21.6. The molecule has 4 nitrogen and oxygen atoms in total. The quantitative estimate of drug-likeness (QED) is 0.157. The number of benzene rings is 9. The summed E-state index contributed by atoms with van der Waals surface area (Å²) in [4.78, 5) is 15.8. The average molecular weight is 833 g/mol. The van der Waals surface area contributed by atoms with E-state index < -0.39 is 0 Å². The molecule has 0 radical (unpaired) electrons. The van der Waals surface area contributed by atoms with Crippen molar-refractivity contribution >= 4 is 75.0 Å². The highest BCUT2D eigenvalue weighted by Crippen LogP contribution is 2.44. The molecule has 0 fully saturated rings. The van der Waals surface area contributed by atoms with E-state index in [1.165, 1.54) is 58.1 Å². The van der Waals surface area contributed by atoms with Gasteiger partial charge in [0.2, 0.25) is 0 Å². The Bertz CT molecular complexity index is 3890. The van der Waals surface area contributed by atoms with Crippen molar-refractivity contribution < 1.29 is 0 Å². The van der Waals surface area contributed by atoms with Gasteiger partial charge in [-0.25, -0.2) is 15.0 Å². The molecule has 0 atom stereocenters. The van der Waals surface area contributed by atoms with Gasteiger partial charge in [0.25, 0.3) is 0 Å². The maximum atomic E-state index is 5.44. The van der Waals surface area contributed by atoms with Crippen LogP contribution in [0.4, 0.5) is 0 Å². The Morgan fingerprint density at radius 1 is 0.359 bits per heavy atom. The van der Waals surface area contributed by atoms with Crippen molar-refractivity contribution in [2.24, 2.45) is 0 Å². The van der Waals surface area contributed by atoms with Crippen molar-refractivity contribution in [2.45, 2.75) is 0 Å². The Hall–Kier alpha value is -8.25. The minimum atomic E-state index is 0.693. The molecule has 9 aromatic carbocycles. The lowest BCUT2D eigenvalue weighted by Gasteiger charge is -2.12. The Kier molecular flexibility index (Phi) is 8.36. The fourth-order valence-corrected chi connectivity index (χ4v) is 10.8. The van der Waals surface area contributed by atoms with Crippen molar-refractivity contribution in [3.05, 3.63) is 218 Å². The molecular formula is C59H36N4S. The molecule has 0 amide bonds. The van der Waals surface area contributed by atoms with E-state index in [4.69, 9.17) is 15.0 Å². The maximum Gasteiger partial charge on any atom is 0.160 e. The third-order valence-corrected chi connectivity index (χ3v) is 13.8. The van der Waals surface area contributed by atoms with E-state index >= 15 is 0 Å². The van der Waals surface area contributed by atoms with Crippen LogP contribution in [-0.4, -0.2) is 19.5 Å². The van der Waals surface area contributed by atoms with Gasteiger partial charge in [-0.15, -0.1) is 11.3 Å². The molecule has 0 saturated heterocycles. The molecule has 0 saturated carbocycles. The first-order valence-corrected chi connectivity index (χ1v) is 22.4. The molecule has 4 heterocycles. The minimum absolute atomic E-state index is 0.693. The predicted molar refractivity (Wildman–Crippen MR) is 269 cm³/mol. The third-order valence-electron chi connectivity index (χ3n) is 12.6. The van der Waals surface area contributed by atoms with Crippen LogP contribution in [0.1, 0.15) is 0 Å². The van der Waals surface area contributed by atoms with Gasteiger partial charge >= 0.3 is 0 Å². The number of pyridine rings is 1. The lowest BCUT2D eigenvalue weighted by atomic mass is 9.98. The second-order valence-corrected chi connectivity index (χ2v) is 17.4. The zero-order valence-electron chi connectivity index (χ0n) is 34.5. The summed E-state index contributed by atoms with van der Waals surface area (Å²) < 4.78 is 4.85. The molecular weight excluding hydrogens is 797 g/mol. The number of aromatic nitrogens is 4. The highest BCUT2D eigenvalue weighted by atomic mass is 32.1. The Morgan fingerprint density at radius 2 is 0.938 bits per heavy atom. The van der Waals surface area contributed by atoms with Crippen LogP contribution in [0, 0.1) is 0 Å². The van der Waals surface area contributed by atoms with Crippen molar-refractivity contribution in [1.29, 1.82) is 0 Å². The number of rotatable bonds is 6. The maximum absolute atomic E-state index is 5.44. The molecule has 13 aromatic rings. The summed E-state index contributed by atoms with van der Waals surface area (Å²) in [5.41, 5.74) is 13.7. The van der Waals surface area contributed by atoms with Gasteiger partial charge in [-0.3, -0.25) is 0 Å². The van der Waals surface area contributed by atoms with Gasteiger partial charge < -0.3 is 4.57 Å². The fourth-order valence-electron chi connectivity index (χ4n) is 9.53. The lowest BCUT2D eigenvalue weighted by Crippen LogP contribution is -1.97. The fraction of sp³-hybridized carbons (Fsp3) is 0. The Labute approximate surface area is 373 Å². The molecule has 0 aliphatic rings. The number of para-hydroxylation sites is 2. The van der Waals surface area contributed by atoms with Gasteiger partial charge in [-0.2, -0.15) is 0 Å². The third kappa shape index (κ3) is 5.93. The normalized spacial score (nSPS) is 11.8. The zero-order chi connectivity index (χ0) is 42.1. The van der Waals surface area contributed by atoms with Crippen molar-refractivity contribution in [3.63, 3.8) is 0 Å². The van der Waals surface area contributed by atoms with Crippen LogP contribution >= 0.6 is 11.3 Å². The molecule has 64 heavy (non-hydrogen) atoms. The molecule has 298 valence electrons. The van der Waals surface area contributed by atoms with Crippen LogP contribution in [0.25, 0.3) is 126 Å². The summed E-state index contributed by atoms with van der Waals surface area (Å²) in [6.07, 6.45) is 0. The summed E-state index contributed by atoms with van der Waals surface area (Å²) in [7, 11) is 0. The van der Waals surface area contributed by atoms with E-state index in [1.807, 2.05) is 29.5 Å². The highest BCUT2D eigenvalue weighted by Gasteiger charge is 2.19. The van der Waals surface area contributed by atoms with Crippen LogP contribution in [0.5, 0.6) is 0 Å². The molecule has 0 aliphatic heterocycles. The van der Waals surface area contributed by atoms with Gasteiger partial charge in [-0.05, 0) is 52.9 Å². The second kappa shape index (κ2) is 14.7. The van der Waals surface area contributed by atoms with Gasteiger partial charge in [0, 0.05) is 65.0 Å². The molecule has 5 heteroatoms. The molecule has 0 aliphatic carbocycles. The summed E-state index contributed by atoms with van der Waals surface area (Å²) >= 11 is 1.83. The first-order chi connectivity index (χ1) is 31.7. The zero-order valence-corrected chi connectivity index (χ0v) is 35.3. The van der Waals surface area contributed by atoms with Crippen molar-refractivity contribution in [3.8, 4) is 62.0 Å². The number of thiophene rings is 1. The van der Waals surface area contributed by atoms with Gasteiger partial charge in [0.05, 0.1) is 38.3 Å². The summed E-state index contributed by atoms with van der Waals surface area (Å²) in [6, 6.07) is 77.7. The Balaban J connectivity index is 0.877. The van der Waals surface area contributed by atoms with Gasteiger partial charge in [0.1, 0.15) is 0 Å². The predicted octanol–water partition coefficient (Wildman–Crippen LogP) is 16.0. The van der Waals surface area contributed by atoms with E-state index in [0.29, 0.717) is 5.82 Å². The smallest absolute Gasteiger partial charge is 0.160 e. The SMILES string of the molecule is c1ccc(-c2nc(-c3ccc(-c4ccc(-c5nc6c7ccccc7ccc6c6c5sc5ccccc56)cc4)cc3)cc(-c3cccc(-n4c5ccccc5c5ccccc54)c3)n2)cc1. The lowest BCUT2D eigenvalue weighted by molar-refractivity contribution is 1.16. The van der Waals surface area contributed by atoms with E-state index in [0.717, 1.165) is 61.7 Å². The summed E-state index contributed by atoms with van der Waals surface area (Å²) in [6.45, 7) is 0. The first kappa shape index (κ1) is 36.4. The standard InChI is InChI=1S/C59H36N4S/c1-2-14-42(15-3-1)59-60-50(36-51(61-59)43-16-12-17-44(35-43)63-52-22-9-6-19-46(52)47-20-7-10-23-53(47)63)40-29-25-37(26-30-40)38-27-31-41(32-28-38)56-58-55(48-21-8-11-24-54(48)64-58)49-34-33-39-13-4-5-18-45(39)57(49)62-56/h1-36H. The van der Waals surface area contributed by atoms with Crippen LogP contribution in [-0.2, 0) is 0 Å². The van der Waals surface area contributed by atoms with E-state index in [-0.39, 0.29) is 0 Å². The highest BCUT2D eigenvalue weighted by molar-refractivity contribution is 7.26. The number of hydrogen-bond donors (Lipinski definition) is 0. The van der Waals surface area contributed by atoms with Crippen LogP contribution in [0.15, 0.2) is 218 Å². The average Bonchev–Trinajstić information content (AvgIpc) is 3.93. The Morgan fingerprint density at radius 3 is 1.67 bits per heavy atom. The van der Waals surface area contributed by atoms with E-state index in [2.05, 4.69) is 205 Å². The molecule has 0 spiro atoms. The minimum Gasteiger partial charge on any atom is -0.309 e. The molecule has 0 N–H and O–H groups in total. The molecule has 13 rings (SSSR count). The molecule has 4 aromatic heterocycles. The number of hydrogen-bond acceptors (Lipinski definition) is 4. The largest absolute Gasteiger partial charge is 0.309 e. The van der Waals surface area contributed by atoms with E-state index in [9.17, 15) is 0 Å². The molecule has 0 unspecified atom stereocenters. The summed E-state index contributed by atoms with van der Waals surface area (Å²) in [5, 5.41) is 8.62. The van der Waals surface area contributed by atoms with Crippen molar-refractivity contribution in [1.82, 2.24) is 19.5 Å². The summed E-state index contributed by atoms with van der Waals surface area (Å²) in [5.74, 6) is 0.693.